The second-order valence-corrected chi connectivity index (χ2v) is 6.08. The summed E-state index contributed by atoms with van der Waals surface area (Å²) in [6.45, 7) is 4.07. The van der Waals surface area contributed by atoms with Crippen LogP contribution in [0.3, 0.4) is 0 Å². The molecule has 2 fully saturated rings. The minimum Gasteiger partial charge on any atom is -0.381 e. The van der Waals surface area contributed by atoms with Gasteiger partial charge >= 0.3 is 0 Å². The van der Waals surface area contributed by atoms with Crippen molar-refractivity contribution in [1.82, 2.24) is 16.2 Å². The Morgan fingerprint density at radius 1 is 1.41 bits per heavy atom. The van der Waals surface area contributed by atoms with Gasteiger partial charge in [-0.15, -0.1) is 0 Å². The minimum atomic E-state index is -0.273. The van der Waals surface area contributed by atoms with Crippen molar-refractivity contribution in [3.63, 3.8) is 0 Å². The number of rotatable bonds is 4. The monoisotopic (exact) mass is 307 g/mol. The first-order chi connectivity index (χ1) is 10.6. The predicted molar refractivity (Wildman–Crippen MR) is 80.3 cm³/mol. The van der Waals surface area contributed by atoms with Gasteiger partial charge in [-0.05, 0) is 31.0 Å². The highest BCUT2D eigenvalue weighted by molar-refractivity contribution is 5.80. The molecule has 2 saturated heterocycles. The molecule has 0 saturated carbocycles. The SMILES string of the molecule is CC(NC(=O)C1CNNC1c1ccc(F)cc1)C1CCOC1. The second kappa shape index (κ2) is 6.73. The number of benzene rings is 1. The summed E-state index contributed by atoms with van der Waals surface area (Å²) >= 11 is 0. The summed E-state index contributed by atoms with van der Waals surface area (Å²) in [6.07, 6.45) is 0.990. The summed E-state index contributed by atoms with van der Waals surface area (Å²) in [6, 6.07) is 6.23. The Hall–Kier alpha value is -1.50. The van der Waals surface area contributed by atoms with Gasteiger partial charge in [-0.25, -0.2) is 9.82 Å². The Kier molecular flexibility index (Phi) is 4.71. The van der Waals surface area contributed by atoms with Crippen LogP contribution in [0.15, 0.2) is 24.3 Å². The molecule has 1 aromatic rings. The number of carbonyl (C=O) groups excluding carboxylic acids is 1. The second-order valence-electron chi connectivity index (χ2n) is 6.08. The first kappa shape index (κ1) is 15.4. The van der Waals surface area contributed by atoms with Crippen LogP contribution in [0.4, 0.5) is 4.39 Å². The molecule has 0 aromatic heterocycles. The Labute approximate surface area is 129 Å². The number of nitrogens with one attached hydrogen (secondary N) is 3. The summed E-state index contributed by atoms with van der Waals surface area (Å²) in [5.74, 6) is -0.0810. The zero-order valence-electron chi connectivity index (χ0n) is 12.6. The number of halogens is 1. The molecular weight excluding hydrogens is 285 g/mol. The molecule has 2 aliphatic heterocycles. The maximum Gasteiger partial charge on any atom is 0.226 e. The fourth-order valence-electron chi connectivity index (χ4n) is 3.12. The van der Waals surface area contributed by atoms with E-state index < -0.39 is 0 Å². The van der Waals surface area contributed by atoms with Crippen LogP contribution in [0.25, 0.3) is 0 Å². The van der Waals surface area contributed by atoms with Gasteiger partial charge in [0.2, 0.25) is 5.91 Å². The van der Waals surface area contributed by atoms with E-state index in [1.54, 1.807) is 12.1 Å². The third-order valence-corrected chi connectivity index (χ3v) is 4.59. The first-order valence-corrected chi connectivity index (χ1v) is 7.77. The van der Waals surface area contributed by atoms with Gasteiger partial charge < -0.3 is 10.1 Å². The molecule has 1 amide bonds. The van der Waals surface area contributed by atoms with Crippen LogP contribution >= 0.6 is 0 Å². The van der Waals surface area contributed by atoms with E-state index in [1.165, 1.54) is 12.1 Å². The van der Waals surface area contributed by atoms with E-state index >= 15 is 0 Å². The average Bonchev–Trinajstić information content (AvgIpc) is 3.19. The predicted octanol–water partition coefficient (Wildman–Crippen LogP) is 1.13. The molecule has 0 radical (unpaired) electrons. The van der Waals surface area contributed by atoms with E-state index in [9.17, 15) is 9.18 Å². The molecule has 0 bridgehead atoms. The van der Waals surface area contributed by atoms with E-state index in [1.807, 2.05) is 6.92 Å². The molecule has 4 atom stereocenters. The standard InChI is InChI=1S/C16H22FN3O2/c1-10(12-6-7-22-9-12)19-16(21)14-8-18-20-15(14)11-2-4-13(17)5-3-11/h2-5,10,12,14-15,18,20H,6-9H2,1H3,(H,19,21). The highest BCUT2D eigenvalue weighted by Gasteiger charge is 2.35. The Bertz CT molecular complexity index is 517. The summed E-state index contributed by atoms with van der Waals surface area (Å²) in [5.41, 5.74) is 7.04. The average molecular weight is 307 g/mol. The molecule has 6 heteroatoms. The van der Waals surface area contributed by atoms with Gasteiger partial charge in [-0.2, -0.15) is 0 Å². The van der Waals surface area contributed by atoms with Gasteiger partial charge in [0.05, 0.1) is 18.6 Å². The maximum absolute atomic E-state index is 13.0. The zero-order valence-corrected chi connectivity index (χ0v) is 12.6. The highest BCUT2D eigenvalue weighted by atomic mass is 19.1. The van der Waals surface area contributed by atoms with Crippen molar-refractivity contribution >= 4 is 5.91 Å². The van der Waals surface area contributed by atoms with Crippen LogP contribution in [-0.4, -0.2) is 31.7 Å². The number of carbonyl (C=O) groups is 1. The Balaban J connectivity index is 1.64. The smallest absolute Gasteiger partial charge is 0.226 e. The van der Waals surface area contributed by atoms with Crippen LogP contribution in [0.1, 0.15) is 24.9 Å². The molecule has 5 nitrogen and oxygen atoms in total. The molecule has 22 heavy (non-hydrogen) atoms. The zero-order chi connectivity index (χ0) is 15.5. The third-order valence-electron chi connectivity index (χ3n) is 4.59. The Morgan fingerprint density at radius 3 is 2.86 bits per heavy atom. The fourth-order valence-corrected chi connectivity index (χ4v) is 3.12. The molecule has 0 spiro atoms. The highest BCUT2D eigenvalue weighted by Crippen LogP contribution is 2.26. The minimum absolute atomic E-state index is 0.0197. The van der Waals surface area contributed by atoms with E-state index in [0.29, 0.717) is 19.1 Å². The van der Waals surface area contributed by atoms with Crippen LogP contribution in [0, 0.1) is 17.7 Å². The van der Waals surface area contributed by atoms with E-state index in [-0.39, 0.29) is 29.7 Å². The van der Waals surface area contributed by atoms with Crippen molar-refractivity contribution in [2.45, 2.75) is 25.4 Å². The molecule has 4 unspecified atom stereocenters. The van der Waals surface area contributed by atoms with Crippen molar-refractivity contribution in [2.24, 2.45) is 11.8 Å². The summed E-state index contributed by atoms with van der Waals surface area (Å²) in [4.78, 5) is 12.6. The van der Waals surface area contributed by atoms with E-state index in [2.05, 4.69) is 16.2 Å². The molecule has 3 rings (SSSR count). The summed E-state index contributed by atoms with van der Waals surface area (Å²) < 4.78 is 18.4. The van der Waals surface area contributed by atoms with Crippen LogP contribution in [0.2, 0.25) is 0 Å². The number of ether oxygens (including phenoxy) is 1. The van der Waals surface area contributed by atoms with Crippen molar-refractivity contribution in [3.8, 4) is 0 Å². The topological polar surface area (TPSA) is 62.4 Å². The fraction of sp³-hybridized carbons (Fsp3) is 0.562. The normalized spacial score (nSPS) is 29.5. The quantitative estimate of drug-likeness (QED) is 0.780. The molecule has 2 heterocycles. The lowest BCUT2D eigenvalue weighted by molar-refractivity contribution is -0.125. The van der Waals surface area contributed by atoms with Crippen LogP contribution in [-0.2, 0) is 9.53 Å². The van der Waals surface area contributed by atoms with Crippen molar-refractivity contribution in [3.05, 3.63) is 35.6 Å². The molecule has 2 aliphatic rings. The molecule has 1 aromatic carbocycles. The number of hydrogen-bond donors (Lipinski definition) is 3. The summed E-state index contributed by atoms with van der Waals surface area (Å²) in [7, 11) is 0. The van der Waals surface area contributed by atoms with Gasteiger partial charge in [-0.1, -0.05) is 12.1 Å². The van der Waals surface area contributed by atoms with E-state index in [4.69, 9.17) is 4.74 Å². The third kappa shape index (κ3) is 3.29. The van der Waals surface area contributed by atoms with Gasteiger partial charge in [0, 0.05) is 25.1 Å². The first-order valence-electron chi connectivity index (χ1n) is 7.77. The van der Waals surface area contributed by atoms with Gasteiger partial charge in [0.1, 0.15) is 5.82 Å². The Morgan fingerprint density at radius 2 is 2.18 bits per heavy atom. The summed E-state index contributed by atoms with van der Waals surface area (Å²) in [5, 5.41) is 3.10. The lowest BCUT2D eigenvalue weighted by atomic mass is 9.93. The lowest BCUT2D eigenvalue weighted by Gasteiger charge is -2.24. The lowest BCUT2D eigenvalue weighted by Crippen LogP contribution is -2.43. The number of amides is 1. The van der Waals surface area contributed by atoms with Gasteiger partial charge in [0.25, 0.3) is 0 Å². The van der Waals surface area contributed by atoms with Crippen LogP contribution in [0.5, 0.6) is 0 Å². The van der Waals surface area contributed by atoms with Crippen molar-refractivity contribution < 1.29 is 13.9 Å². The van der Waals surface area contributed by atoms with Gasteiger partial charge in [-0.3, -0.25) is 10.2 Å². The van der Waals surface area contributed by atoms with Crippen molar-refractivity contribution in [2.75, 3.05) is 19.8 Å². The number of hydrazine groups is 1. The van der Waals surface area contributed by atoms with Crippen molar-refractivity contribution in [1.29, 1.82) is 0 Å². The molecule has 3 N–H and O–H groups in total. The van der Waals surface area contributed by atoms with E-state index in [0.717, 1.165) is 18.6 Å². The van der Waals surface area contributed by atoms with Crippen LogP contribution < -0.4 is 16.2 Å². The molecular formula is C16H22FN3O2. The number of hydrogen-bond acceptors (Lipinski definition) is 4. The largest absolute Gasteiger partial charge is 0.381 e. The van der Waals surface area contributed by atoms with Gasteiger partial charge in [0.15, 0.2) is 0 Å². The molecule has 0 aliphatic carbocycles. The maximum atomic E-state index is 13.0. The molecule has 120 valence electrons.